The van der Waals surface area contributed by atoms with Crippen molar-refractivity contribution in [3.05, 3.63) is 42.7 Å². The zero-order valence-corrected chi connectivity index (χ0v) is 9.91. The van der Waals surface area contributed by atoms with E-state index in [1.807, 2.05) is 36.5 Å². The quantitative estimate of drug-likeness (QED) is 0.540. The fraction of sp³-hybridized carbons (Fsp3) is 0. The summed E-state index contributed by atoms with van der Waals surface area (Å²) in [5.41, 5.74) is 7.68. The van der Waals surface area contributed by atoms with Crippen LogP contribution in [0.25, 0.3) is 27.6 Å². The number of aromatic nitrogens is 5. The lowest BCUT2D eigenvalue weighted by Gasteiger charge is -1.99. The molecule has 0 atom stereocenters. The van der Waals surface area contributed by atoms with Gasteiger partial charge in [0.1, 0.15) is 11.3 Å². The molecule has 0 aliphatic carbocycles. The van der Waals surface area contributed by atoms with E-state index in [0.717, 1.165) is 27.6 Å². The number of hydrogen-bond acceptors (Lipinski definition) is 4. The summed E-state index contributed by atoms with van der Waals surface area (Å²) < 4.78 is 1.70. The Hall–Kier alpha value is -2.89. The number of fused-ring (bicyclic) bond motifs is 3. The molecule has 4 aromatic rings. The van der Waals surface area contributed by atoms with E-state index in [0.29, 0.717) is 5.82 Å². The number of hydrogen-bond donors (Lipinski definition) is 2. The molecule has 19 heavy (non-hydrogen) atoms. The van der Waals surface area contributed by atoms with Crippen LogP contribution in [0.4, 0.5) is 5.82 Å². The summed E-state index contributed by atoms with van der Waals surface area (Å²) in [7, 11) is 0. The number of aromatic amines is 1. The van der Waals surface area contributed by atoms with Gasteiger partial charge in [-0.3, -0.25) is 5.10 Å². The first-order valence-electron chi connectivity index (χ1n) is 5.87. The van der Waals surface area contributed by atoms with Gasteiger partial charge < -0.3 is 5.73 Å². The maximum atomic E-state index is 6.00. The standard InChI is InChI=1S/C13H10N6/c14-13-9-7-19(11-5-6-15-17-11)18-12(9)8-3-1-2-4-10(8)16-13/h1-7H,(H2,14,16)(H,15,17). The molecule has 92 valence electrons. The summed E-state index contributed by atoms with van der Waals surface area (Å²) in [4.78, 5) is 4.39. The van der Waals surface area contributed by atoms with Crippen molar-refractivity contribution in [3.8, 4) is 5.82 Å². The van der Waals surface area contributed by atoms with E-state index in [2.05, 4.69) is 20.3 Å². The number of benzene rings is 1. The molecule has 0 bridgehead atoms. The first-order valence-corrected chi connectivity index (χ1v) is 5.87. The molecule has 0 saturated heterocycles. The van der Waals surface area contributed by atoms with Crippen molar-refractivity contribution >= 4 is 27.6 Å². The summed E-state index contributed by atoms with van der Waals surface area (Å²) in [6.07, 6.45) is 3.60. The lowest BCUT2D eigenvalue weighted by atomic mass is 10.1. The van der Waals surface area contributed by atoms with Crippen LogP contribution in [0.5, 0.6) is 0 Å². The fourth-order valence-corrected chi connectivity index (χ4v) is 2.22. The first-order chi connectivity index (χ1) is 9.33. The zero-order chi connectivity index (χ0) is 12.8. The predicted octanol–water partition coefficient (Wildman–Crippen LogP) is 1.88. The molecule has 0 unspecified atom stereocenters. The highest BCUT2D eigenvalue weighted by Gasteiger charge is 2.11. The van der Waals surface area contributed by atoms with Crippen LogP contribution in [-0.2, 0) is 0 Å². The molecule has 0 aliphatic heterocycles. The molecule has 6 nitrogen and oxygen atoms in total. The fourth-order valence-electron chi connectivity index (χ4n) is 2.22. The second-order valence-electron chi connectivity index (χ2n) is 4.28. The van der Waals surface area contributed by atoms with Crippen LogP contribution in [0.3, 0.4) is 0 Å². The van der Waals surface area contributed by atoms with Gasteiger partial charge in [-0.1, -0.05) is 18.2 Å². The molecule has 4 rings (SSSR count). The highest BCUT2D eigenvalue weighted by Crippen LogP contribution is 2.27. The molecule has 3 heterocycles. The minimum atomic E-state index is 0.482. The highest BCUT2D eigenvalue weighted by atomic mass is 15.3. The predicted molar refractivity (Wildman–Crippen MR) is 72.9 cm³/mol. The Morgan fingerprint density at radius 1 is 1.11 bits per heavy atom. The second-order valence-corrected chi connectivity index (χ2v) is 4.28. The Bertz CT molecular complexity index is 875. The van der Waals surface area contributed by atoms with Gasteiger partial charge in [-0.05, 0) is 6.07 Å². The third-order valence-electron chi connectivity index (χ3n) is 3.11. The van der Waals surface area contributed by atoms with E-state index in [1.165, 1.54) is 0 Å². The summed E-state index contributed by atoms with van der Waals surface area (Å²) in [5.74, 6) is 1.20. The number of H-pyrrole nitrogens is 1. The molecular weight excluding hydrogens is 240 g/mol. The SMILES string of the molecule is Nc1nc2ccccc2c2nn(-c3cc[nH]n3)cc12. The minimum Gasteiger partial charge on any atom is -0.383 e. The van der Waals surface area contributed by atoms with E-state index in [4.69, 9.17) is 5.73 Å². The van der Waals surface area contributed by atoms with Crippen molar-refractivity contribution < 1.29 is 0 Å². The van der Waals surface area contributed by atoms with Gasteiger partial charge in [0.2, 0.25) is 0 Å². The van der Waals surface area contributed by atoms with E-state index in [1.54, 1.807) is 10.9 Å². The summed E-state index contributed by atoms with van der Waals surface area (Å²) >= 11 is 0. The van der Waals surface area contributed by atoms with E-state index < -0.39 is 0 Å². The van der Waals surface area contributed by atoms with Gasteiger partial charge >= 0.3 is 0 Å². The smallest absolute Gasteiger partial charge is 0.174 e. The molecule has 0 spiro atoms. The number of nitrogens with two attached hydrogens (primary N) is 1. The van der Waals surface area contributed by atoms with Gasteiger partial charge in [0, 0.05) is 23.8 Å². The number of nitrogens with one attached hydrogen (secondary N) is 1. The van der Waals surface area contributed by atoms with Crippen molar-refractivity contribution in [2.75, 3.05) is 5.73 Å². The Morgan fingerprint density at radius 2 is 2.00 bits per heavy atom. The molecule has 3 aromatic heterocycles. The lowest BCUT2D eigenvalue weighted by Crippen LogP contribution is -1.94. The minimum absolute atomic E-state index is 0.482. The van der Waals surface area contributed by atoms with Gasteiger partial charge in [0.05, 0.1) is 10.9 Å². The Kier molecular flexibility index (Phi) is 1.88. The van der Waals surface area contributed by atoms with Crippen LogP contribution < -0.4 is 5.73 Å². The largest absolute Gasteiger partial charge is 0.383 e. The van der Waals surface area contributed by atoms with Gasteiger partial charge in [-0.15, -0.1) is 0 Å². The average Bonchev–Trinajstić information content (AvgIpc) is 3.08. The Morgan fingerprint density at radius 3 is 2.84 bits per heavy atom. The van der Waals surface area contributed by atoms with Gasteiger partial charge in [-0.25, -0.2) is 9.67 Å². The number of nitrogen functional groups attached to an aromatic ring is 1. The summed E-state index contributed by atoms with van der Waals surface area (Å²) in [5, 5.41) is 13.3. The topological polar surface area (TPSA) is 85.4 Å². The number of rotatable bonds is 1. The van der Waals surface area contributed by atoms with Gasteiger partial charge in [0.25, 0.3) is 0 Å². The van der Waals surface area contributed by atoms with Crippen molar-refractivity contribution in [2.45, 2.75) is 0 Å². The third-order valence-corrected chi connectivity index (χ3v) is 3.11. The van der Waals surface area contributed by atoms with E-state index in [9.17, 15) is 0 Å². The monoisotopic (exact) mass is 250 g/mol. The van der Waals surface area contributed by atoms with Crippen molar-refractivity contribution in [3.63, 3.8) is 0 Å². The molecule has 0 aliphatic rings. The zero-order valence-electron chi connectivity index (χ0n) is 9.91. The van der Waals surface area contributed by atoms with E-state index >= 15 is 0 Å². The molecule has 1 aromatic carbocycles. The van der Waals surface area contributed by atoms with Gasteiger partial charge in [-0.2, -0.15) is 10.2 Å². The average molecular weight is 250 g/mol. The molecule has 0 fully saturated rings. The van der Waals surface area contributed by atoms with Gasteiger partial charge in [0.15, 0.2) is 5.82 Å². The molecule has 6 heteroatoms. The molecule has 3 N–H and O–H groups in total. The van der Waals surface area contributed by atoms with E-state index in [-0.39, 0.29) is 0 Å². The molecular formula is C13H10N6. The van der Waals surface area contributed by atoms with Crippen molar-refractivity contribution in [1.82, 2.24) is 25.0 Å². The first kappa shape index (κ1) is 10.1. The van der Waals surface area contributed by atoms with Crippen molar-refractivity contribution in [1.29, 1.82) is 0 Å². The third kappa shape index (κ3) is 1.40. The normalized spacial score (nSPS) is 11.4. The van der Waals surface area contributed by atoms with Crippen molar-refractivity contribution in [2.24, 2.45) is 0 Å². The van der Waals surface area contributed by atoms with Crippen LogP contribution in [-0.4, -0.2) is 25.0 Å². The summed E-state index contributed by atoms with van der Waals surface area (Å²) in [6.45, 7) is 0. The maximum absolute atomic E-state index is 6.00. The second kappa shape index (κ2) is 3.55. The van der Waals surface area contributed by atoms with Crippen LogP contribution >= 0.6 is 0 Å². The molecule has 0 saturated carbocycles. The Labute approximate surface area is 107 Å². The molecule has 0 radical (unpaired) electrons. The van der Waals surface area contributed by atoms with Crippen LogP contribution in [0.15, 0.2) is 42.7 Å². The van der Waals surface area contributed by atoms with Crippen LogP contribution in [0.2, 0.25) is 0 Å². The number of pyridine rings is 1. The van der Waals surface area contributed by atoms with Crippen LogP contribution in [0, 0.1) is 0 Å². The number of para-hydroxylation sites is 1. The van der Waals surface area contributed by atoms with Crippen LogP contribution in [0.1, 0.15) is 0 Å². The summed E-state index contributed by atoms with van der Waals surface area (Å²) in [6, 6.07) is 9.67. The maximum Gasteiger partial charge on any atom is 0.174 e. The molecule has 0 amide bonds. The number of nitrogens with zero attached hydrogens (tertiary/aromatic N) is 4. The highest BCUT2D eigenvalue weighted by molar-refractivity contribution is 6.07. The lowest BCUT2D eigenvalue weighted by molar-refractivity contribution is 0.849. The number of anilines is 1. The Balaban J connectivity index is 2.12.